The van der Waals surface area contributed by atoms with Gasteiger partial charge in [0.05, 0.1) is 0 Å². The molecule has 3 rings (SSSR count). The largest absolute Gasteiger partial charge is 0.508 e. The van der Waals surface area contributed by atoms with E-state index in [0.29, 0.717) is 0 Å². The lowest BCUT2D eigenvalue weighted by atomic mass is 9.83. The summed E-state index contributed by atoms with van der Waals surface area (Å²) in [5.74, 6) is 0.336. The number of rotatable bonds is 2. The van der Waals surface area contributed by atoms with Crippen molar-refractivity contribution in [1.82, 2.24) is 0 Å². The SMILES string of the molecule is Cc1cc(NC(=O)C2CCc3ccccc3C2)ccc1O. The molecule has 2 N–H and O–H groups in total. The van der Waals surface area contributed by atoms with Crippen LogP contribution in [0.4, 0.5) is 5.69 Å². The van der Waals surface area contributed by atoms with Gasteiger partial charge in [0.25, 0.3) is 0 Å². The number of phenols is 1. The van der Waals surface area contributed by atoms with Gasteiger partial charge in [0.2, 0.25) is 5.91 Å². The zero-order valence-electron chi connectivity index (χ0n) is 12.1. The van der Waals surface area contributed by atoms with Crippen LogP contribution in [-0.4, -0.2) is 11.0 Å². The van der Waals surface area contributed by atoms with Crippen molar-refractivity contribution in [1.29, 1.82) is 0 Å². The number of hydrogen-bond donors (Lipinski definition) is 2. The fourth-order valence-electron chi connectivity index (χ4n) is 2.90. The third-order valence-electron chi connectivity index (χ3n) is 4.18. The molecule has 1 unspecified atom stereocenters. The minimum absolute atomic E-state index is 0.0222. The minimum atomic E-state index is 0.0222. The van der Waals surface area contributed by atoms with Gasteiger partial charge in [-0.05, 0) is 61.1 Å². The quantitative estimate of drug-likeness (QED) is 0.828. The van der Waals surface area contributed by atoms with Gasteiger partial charge in [-0.2, -0.15) is 0 Å². The topological polar surface area (TPSA) is 49.3 Å². The van der Waals surface area contributed by atoms with E-state index >= 15 is 0 Å². The maximum Gasteiger partial charge on any atom is 0.227 e. The normalized spacial score (nSPS) is 17.1. The summed E-state index contributed by atoms with van der Waals surface area (Å²) in [6.07, 6.45) is 2.65. The van der Waals surface area contributed by atoms with Crippen LogP contribution < -0.4 is 5.32 Å². The molecule has 0 fully saturated rings. The average Bonchev–Trinajstić information content (AvgIpc) is 2.50. The van der Waals surface area contributed by atoms with Gasteiger partial charge in [0, 0.05) is 11.6 Å². The van der Waals surface area contributed by atoms with E-state index in [0.717, 1.165) is 30.5 Å². The fourth-order valence-corrected chi connectivity index (χ4v) is 2.90. The Morgan fingerprint density at radius 3 is 2.71 bits per heavy atom. The van der Waals surface area contributed by atoms with E-state index in [1.54, 1.807) is 18.2 Å². The van der Waals surface area contributed by atoms with E-state index in [2.05, 4.69) is 23.5 Å². The molecule has 0 aromatic heterocycles. The molecule has 108 valence electrons. The number of amides is 1. The molecular weight excluding hydrogens is 262 g/mol. The smallest absolute Gasteiger partial charge is 0.227 e. The Kier molecular flexibility index (Phi) is 3.65. The van der Waals surface area contributed by atoms with Crippen molar-refractivity contribution < 1.29 is 9.90 Å². The Morgan fingerprint density at radius 2 is 1.95 bits per heavy atom. The number of fused-ring (bicyclic) bond motifs is 1. The summed E-state index contributed by atoms with van der Waals surface area (Å²) in [7, 11) is 0. The second kappa shape index (κ2) is 5.60. The first-order chi connectivity index (χ1) is 10.1. The number of aromatic hydroxyl groups is 1. The van der Waals surface area contributed by atoms with E-state index < -0.39 is 0 Å². The van der Waals surface area contributed by atoms with Gasteiger partial charge in [0.1, 0.15) is 5.75 Å². The average molecular weight is 281 g/mol. The number of nitrogens with one attached hydrogen (secondary N) is 1. The molecule has 0 aliphatic heterocycles. The third-order valence-corrected chi connectivity index (χ3v) is 4.18. The Hall–Kier alpha value is -2.29. The van der Waals surface area contributed by atoms with E-state index in [1.165, 1.54) is 11.1 Å². The summed E-state index contributed by atoms with van der Waals surface area (Å²) in [4.78, 5) is 12.4. The Bertz CT molecular complexity index is 679. The second-order valence-electron chi connectivity index (χ2n) is 5.70. The Labute approximate surface area is 124 Å². The van der Waals surface area contributed by atoms with Gasteiger partial charge in [-0.25, -0.2) is 0 Å². The Balaban J connectivity index is 1.70. The molecule has 0 saturated carbocycles. The highest BCUT2D eigenvalue weighted by Crippen LogP contribution is 2.27. The molecule has 2 aromatic rings. The number of carbonyl (C=O) groups excluding carboxylic acids is 1. The van der Waals surface area contributed by atoms with Crippen LogP contribution in [0.25, 0.3) is 0 Å². The van der Waals surface area contributed by atoms with Crippen molar-refractivity contribution in [3.8, 4) is 5.75 Å². The van der Waals surface area contributed by atoms with E-state index in [9.17, 15) is 9.90 Å². The van der Waals surface area contributed by atoms with Gasteiger partial charge in [-0.15, -0.1) is 0 Å². The summed E-state index contributed by atoms with van der Waals surface area (Å²) in [6.45, 7) is 1.82. The highest BCUT2D eigenvalue weighted by atomic mass is 16.3. The number of carbonyl (C=O) groups is 1. The van der Waals surface area contributed by atoms with Gasteiger partial charge in [-0.3, -0.25) is 4.79 Å². The number of benzene rings is 2. The monoisotopic (exact) mass is 281 g/mol. The van der Waals surface area contributed by atoms with Crippen LogP contribution in [0.2, 0.25) is 0 Å². The van der Waals surface area contributed by atoms with Crippen molar-refractivity contribution >= 4 is 11.6 Å². The van der Waals surface area contributed by atoms with Crippen LogP contribution in [0, 0.1) is 12.8 Å². The molecule has 3 heteroatoms. The molecule has 0 saturated heterocycles. The van der Waals surface area contributed by atoms with Gasteiger partial charge in [-0.1, -0.05) is 24.3 Å². The second-order valence-corrected chi connectivity index (χ2v) is 5.70. The molecule has 1 aliphatic rings. The van der Waals surface area contributed by atoms with Crippen LogP contribution in [0.1, 0.15) is 23.1 Å². The molecule has 0 bridgehead atoms. The zero-order chi connectivity index (χ0) is 14.8. The molecule has 1 aliphatic carbocycles. The standard InChI is InChI=1S/C18H19NO2/c1-12-10-16(8-9-17(12)20)19-18(21)15-7-6-13-4-2-3-5-14(13)11-15/h2-5,8-10,15,20H,6-7,11H2,1H3,(H,19,21). The van der Waals surface area contributed by atoms with Crippen LogP contribution >= 0.6 is 0 Å². The van der Waals surface area contributed by atoms with Crippen molar-refractivity contribution in [2.75, 3.05) is 5.32 Å². The van der Waals surface area contributed by atoms with Crippen LogP contribution in [-0.2, 0) is 17.6 Å². The lowest BCUT2D eigenvalue weighted by molar-refractivity contribution is -0.120. The molecule has 1 atom stereocenters. The maximum absolute atomic E-state index is 12.4. The first kappa shape index (κ1) is 13.7. The predicted octanol–water partition coefficient (Wildman–Crippen LogP) is 3.44. The fraction of sp³-hybridized carbons (Fsp3) is 0.278. The molecule has 3 nitrogen and oxygen atoms in total. The molecule has 2 aromatic carbocycles. The van der Waals surface area contributed by atoms with Crippen LogP contribution in [0.15, 0.2) is 42.5 Å². The molecule has 0 spiro atoms. The van der Waals surface area contributed by atoms with Gasteiger partial charge >= 0.3 is 0 Å². The molecule has 0 radical (unpaired) electrons. The number of hydrogen-bond acceptors (Lipinski definition) is 2. The lowest BCUT2D eigenvalue weighted by Crippen LogP contribution is -2.28. The van der Waals surface area contributed by atoms with E-state index in [4.69, 9.17) is 0 Å². The van der Waals surface area contributed by atoms with Crippen molar-refractivity contribution in [3.05, 3.63) is 59.2 Å². The highest BCUT2D eigenvalue weighted by Gasteiger charge is 2.24. The number of anilines is 1. The van der Waals surface area contributed by atoms with E-state index in [-0.39, 0.29) is 17.6 Å². The van der Waals surface area contributed by atoms with E-state index in [1.807, 2.05) is 13.0 Å². The summed E-state index contributed by atoms with van der Waals surface area (Å²) in [5.41, 5.74) is 4.16. The van der Waals surface area contributed by atoms with Crippen molar-refractivity contribution in [2.45, 2.75) is 26.2 Å². The maximum atomic E-state index is 12.4. The summed E-state index contributed by atoms with van der Waals surface area (Å²) < 4.78 is 0. The number of aryl methyl sites for hydroxylation is 2. The molecule has 21 heavy (non-hydrogen) atoms. The summed E-state index contributed by atoms with van der Waals surface area (Å²) >= 11 is 0. The molecule has 0 heterocycles. The van der Waals surface area contributed by atoms with Crippen molar-refractivity contribution in [3.63, 3.8) is 0 Å². The highest BCUT2D eigenvalue weighted by molar-refractivity contribution is 5.93. The van der Waals surface area contributed by atoms with Crippen molar-refractivity contribution in [2.24, 2.45) is 5.92 Å². The number of phenolic OH excluding ortho intramolecular Hbond substituents is 1. The van der Waals surface area contributed by atoms with Gasteiger partial charge < -0.3 is 10.4 Å². The minimum Gasteiger partial charge on any atom is -0.508 e. The first-order valence-corrected chi connectivity index (χ1v) is 7.31. The van der Waals surface area contributed by atoms with Crippen LogP contribution in [0.5, 0.6) is 5.75 Å². The Morgan fingerprint density at radius 1 is 1.19 bits per heavy atom. The lowest BCUT2D eigenvalue weighted by Gasteiger charge is -2.23. The summed E-state index contributed by atoms with van der Waals surface area (Å²) in [5, 5.41) is 12.5. The van der Waals surface area contributed by atoms with Crippen LogP contribution in [0.3, 0.4) is 0 Å². The molecular formula is C18H19NO2. The predicted molar refractivity (Wildman–Crippen MR) is 83.4 cm³/mol. The molecule has 1 amide bonds. The first-order valence-electron chi connectivity index (χ1n) is 7.31. The zero-order valence-corrected chi connectivity index (χ0v) is 12.1. The van der Waals surface area contributed by atoms with Gasteiger partial charge in [0.15, 0.2) is 0 Å². The third kappa shape index (κ3) is 2.92. The summed E-state index contributed by atoms with van der Waals surface area (Å²) in [6, 6.07) is 13.5.